The summed E-state index contributed by atoms with van der Waals surface area (Å²) in [5, 5.41) is 0. The van der Waals surface area contributed by atoms with Crippen molar-refractivity contribution in [1.82, 2.24) is 0 Å². The minimum absolute atomic E-state index is 0.160. The fraction of sp³-hybridized carbons (Fsp3) is 0.667. The Bertz CT molecular complexity index is 460. The van der Waals surface area contributed by atoms with Crippen LogP contribution in [-0.2, 0) is 6.42 Å². The molecule has 3 atom stereocenters. The van der Waals surface area contributed by atoms with E-state index in [2.05, 4.69) is 36.7 Å². The predicted molar refractivity (Wildman–Crippen MR) is 90.6 cm³/mol. The zero-order valence-electron chi connectivity index (χ0n) is 13.3. The van der Waals surface area contributed by atoms with Crippen LogP contribution in [0.4, 0.5) is 4.39 Å². The first kappa shape index (κ1) is 17.0. The molecule has 0 aliphatic heterocycles. The number of benzene rings is 1. The zero-order valence-corrected chi connectivity index (χ0v) is 14.9. The van der Waals surface area contributed by atoms with Gasteiger partial charge in [0.15, 0.2) is 0 Å². The van der Waals surface area contributed by atoms with Gasteiger partial charge in [0.25, 0.3) is 0 Å². The van der Waals surface area contributed by atoms with E-state index in [1.165, 1.54) is 25.3 Å². The predicted octanol–water partition coefficient (Wildman–Crippen LogP) is 5.17. The maximum atomic E-state index is 13.6. The maximum Gasteiger partial charge on any atom is 0.124 e. The van der Waals surface area contributed by atoms with Crippen LogP contribution in [-0.4, -0.2) is 6.54 Å². The molecule has 1 saturated carbocycles. The van der Waals surface area contributed by atoms with Gasteiger partial charge in [-0.1, -0.05) is 36.7 Å². The van der Waals surface area contributed by atoms with E-state index in [0.717, 1.165) is 28.9 Å². The van der Waals surface area contributed by atoms with Crippen LogP contribution in [0.1, 0.15) is 45.6 Å². The van der Waals surface area contributed by atoms with Crippen LogP contribution in [0, 0.1) is 29.0 Å². The molecule has 1 nitrogen and oxygen atoms in total. The molecule has 1 aromatic carbocycles. The first-order valence-electron chi connectivity index (χ1n) is 7.94. The Morgan fingerprint density at radius 1 is 1.19 bits per heavy atom. The molecule has 1 fully saturated rings. The second-order valence-electron chi connectivity index (χ2n) is 7.61. The molecule has 0 heterocycles. The molecular weight excluding hydrogens is 329 g/mol. The summed E-state index contributed by atoms with van der Waals surface area (Å²) in [6.07, 6.45) is 4.62. The number of hydrogen-bond acceptors (Lipinski definition) is 1. The monoisotopic (exact) mass is 355 g/mol. The van der Waals surface area contributed by atoms with Crippen LogP contribution in [0.3, 0.4) is 0 Å². The Balaban J connectivity index is 2.14. The Morgan fingerprint density at radius 3 is 2.48 bits per heavy atom. The molecule has 2 N–H and O–H groups in total. The van der Waals surface area contributed by atoms with E-state index >= 15 is 0 Å². The molecule has 0 saturated heterocycles. The van der Waals surface area contributed by atoms with Gasteiger partial charge in [-0.2, -0.15) is 0 Å². The lowest BCUT2D eigenvalue weighted by atomic mass is 9.64. The van der Waals surface area contributed by atoms with Gasteiger partial charge in [0, 0.05) is 4.47 Å². The van der Waals surface area contributed by atoms with Crippen molar-refractivity contribution in [3.63, 3.8) is 0 Å². The van der Waals surface area contributed by atoms with Crippen LogP contribution in [0.5, 0.6) is 0 Å². The summed E-state index contributed by atoms with van der Waals surface area (Å²) in [5.74, 6) is 1.72. The normalized spacial score (nSPS) is 26.9. The van der Waals surface area contributed by atoms with Gasteiger partial charge < -0.3 is 5.73 Å². The molecule has 3 heteroatoms. The highest BCUT2D eigenvalue weighted by molar-refractivity contribution is 9.10. The minimum atomic E-state index is -0.160. The smallest absolute Gasteiger partial charge is 0.124 e. The number of halogens is 2. The Kier molecular flexibility index (Phi) is 5.48. The van der Waals surface area contributed by atoms with Gasteiger partial charge in [-0.3, -0.25) is 0 Å². The molecule has 0 bridgehead atoms. The van der Waals surface area contributed by atoms with Crippen molar-refractivity contribution >= 4 is 15.9 Å². The van der Waals surface area contributed by atoms with Crippen molar-refractivity contribution in [2.75, 3.05) is 6.54 Å². The van der Waals surface area contributed by atoms with Crippen molar-refractivity contribution < 1.29 is 4.39 Å². The van der Waals surface area contributed by atoms with E-state index in [-0.39, 0.29) is 5.82 Å². The molecule has 118 valence electrons. The van der Waals surface area contributed by atoms with Crippen LogP contribution >= 0.6 is 15.9 Å². The van der Waals surface area contributed by atoms with Gasteiger partial charge >= 0.3 is 0 Å². The average Bonchev–Trinajstić information content (AvgIpc) is 2.36. The standard InChI is InChI=1S/C18H27BrFN/c1-18(2,3)15-5-4-13(11-21)14(9-15)6-12-7-16(19)10-17(20)8-12/h7-8,10,13-15H,4-6,9,11,21H2,1-3H3. The van der Waals surface area contributed by atoms with E-state index in [1.54, 1.807) is 6.07 Å². The second kappa shape index (κ2) is 6.78. The molecule has 2 rings (SSSR count). The maximum absolute atomic E-state index is 13.6. The number of hydrogen-bond donors (Lipinski definition) is 1. The van der Waals surface area contributed by atoms with Crippen LogP contribution in [0.15, 0.2) is 22.7 Å². The van der Waals surface area contributed by atoms with Gasteiger partial charge in [-0.25, -0.2) is 4.39 Å². The zero-order chi connectivity index (χ0) is 15.6. The fourth-order valence-corrected chi connectivity index (χ4v) is 4.22. The Labute approximate surface area is 136 Å². The van der Waals surface area contributed by atoms with E-state index in [1.807, 2.05) is 6.07 Å². The van der Waals surface area contributed by atoms with E-state index in [0.29, 0.717) is 17.3 Å². The summed E-state index contributed by atoms with van der Waals surface area (Å²) in [4.78, 5) is 0. The Hall–Kier alpha value is -0.410. The molecule has 0 amide bonds. The number of rotatable bonds is 3. The number of nitrogens with two attached hydrogens (primary N) is 1. The molecule has 0 spiro atoms. The fourth-order valence-electron chi connectivity index (χ4n) is 3.71. The van der Waals surface area contributed by atoms with Crippen molar-refractivity contribution in [3.05, 3.63) is 34.1 Å². The highest BCUT2D eigenvalue weighted by Gasteiger charge is 2.35. The van der Waals surface area contributed by atoms with E-state index in [4.69, 9.17) is 5.73 Å². The lowest BCUT2D eigenvalue weighted by Gasteiger charge is -2.41. The summed E-state index contributed by atoms with van der Waals surface area (Å²) in [6.45, 7) is 7.74. The molecule has 21 heavy (non-hydrogen) atoms. The highest BCUT2D eigenvalue weighted by atomic mass is 79.9. The lowest BCUT2D eigenvalue weighted by Crippen LogP contribution is -2.36. The van der Waals surface area contributed by atoms with Crippen LogP contribution < -0.4 is 5.73 Å². The van der Waals surface area contributed by atoms with Gasteiger partial charge in [-0.15, -0.1) is 0 Å². The Morgan fingerprint density at radius 2 is 1.90 bits per heavy atom. The molecule has 3 unspecified atom stereocenters. The first-order chi connectivity index (χ1) is 9.79. The molecule has 1 aliphatic carbocycles. The third kappa shape index (κ3) is 4.53. The summed E-state index contributed by atoms with van der Waals surface area (Å²) in [7, 11) is 0. The quantitative estimate of drug-likeness (QED) is 0.795. The summed E-state index contributed by atoms with van der Waals surface area (Å²) in [6, 6.07) is 5.22. The van der Waals surface area contributed by atoms with Gasteiger partial charge in [-0.05, 0) is 79.2 Å². The molecule has 1 aromatic rings. The van der Waals surface area contributed by atoms with Gasteiger partial charge in [0.05, 0.1) is 0 Å². The molecule has 0 radical (unpaired) electrons. The third-order valence-electron chi connectivity index (χ3n) is 5.09. The highest BCUT2D eigenvalue weighted by Crippen LogP contribution is 2.43. The topological polar surface area (TPSA) is 26.0 Å². The van der Waals surface area contributed by atoms with Crippen molar-refractivity contribution in [2.24, 2.45) is 28.9 Å². The molecule has 1 aliphatic rings. The van der Waals surface area contributed by atoms with E-state index < -0.39 is 0 Å². The van der Waals surface area contributed by atoms with Gasteiger partial charge in [0.1, 0.15) is 5.82 Å². The van der Waals surface area contributed by atoms with E-state index in [9.17, 15) is 4.39 Å². The van der Waals surface area contributed by atoms with Crippen molar-refractivity contribution in [2.45, 2.75) is 46.5 Å². The van der Waals surface area contributed by atoms with Crippen LogP contribution in [0.25, 0.3) is 0 Å². The van der Waals surface area contributed by atoms with Crippen molar-refractivity contribution in [1.29, 1.82) is 0 Å². The summed E-state index contributed by atoms with van der Waals surface area (Å²) in [5.41, 5.74) is 7.41. The second-order valence-corrected chi connectivity index (χ2v) is 8.53. The minimum Gasteiger partial charge on any atom is -0.330 e. The largest absolute Gasteiger partial charge is 0.330 e. The summed E-state index contributed by atoms with van der Waals surface area (Å²) >= 11 is 3.39. The van der Waals surface area contributed by atoms with Crippen LogP contribution in [0.2, 0.25) is 0 Å². The van der Waals surface area contributed by atoms with Gasteiger partial charge in [0.2, 0.25) is 0 Å². The molecule has 0 aromatic heterocycles. The molecular formula is C18H27BrFN. The third-order valence-corrected chi connectivity index (χ3v) is 5.55. The summed E-state index contributed by atoms with van der Waals surface area (Å²) < 4.78 is 14.4. The first-order valence-corrected chi connectivity index (χ1v) is 8.74. The average molecular weight is 356 g/mol. The van der Waals surface area contributed by atoms with Crippen molar-refractivity contribution in [3.8, 4) is 0 Å². The SMILES string of the molecule is CC(C)(C)C1CCC(CN)C(Cc2cc(F)cc(Br)c2)C1. The lowest BCUT2D eigenvalue weighted by molar-refractivity contribution is 0.101.